The maximum absolute atomic E-state index is 13.8. The highest BCUT2D eigenvalue weighted by molar-refractivity contribution is 7.17. The van der Waals surface area contributed by atoms with Crippen LogP contribution in [-0.2, 0) is 19.4 Å². The van der Waals surface area contributed by atoms with Crippen LogP contribution >= 0.6 is 11.3 Å². The number of fused-ring (bicyclic) bond motifs is 1. The molecule has 1 aliphatic heterocycles. The molecule has 0 bridgehead atoms. The summed E-state index contributed by atoms with van der Waals surface area (Å²) in [4.78, 5) is 32.6. The summed E-state index contributed by atoms with van der Waals surface area (Å²) in [6.07, 6.45) is 2.97. The number of anilines is 1. The Hall–Kier alpha value is -2.96. The van der Waals surface area contributed by atoms with Crippen molar-refractivity contribution in [2.75, 3.05) is 31.5 Å². The molecule has 0 radical (unpaired) electrons. The van der Waals surface area contributed by atoms with E-state index < -0.39 is 0 Å². The number of amides is 2. The molecule has 6 heteroatoms. The summed E-state index contributed by atoms with van der Waals surface area (Å²) in [7, 11) is 0. The van der Waals surface area contributed by atoms with Gasteiger partial charge >= 0.3 is 0 Å². The van der Waals surface area contributed by atoms with Gasteiger partial charge < -0.3 is 10.2 Å². The van der Waals surface area contributed by atoms with Crippen LogP contribution in [0.5, 0.6) is 0 Å². The van der Waals surface area contributed by atoms with E-state index in [1.807, 2.05) is 42.2 Å². The number of piperazine rings is 1. The largest absolute Gasteiger partial charge is 0.336 e. The zero-order valence-corrected chi connectivity index (χ0v) is 21.4. The normalized spacial score (nSPS) is 18.2. The molecule has 2 aliphatic rings. The summed E-state index contributed by atoms with van der Waals surface area (Å²) in [5, 5.41) is 3.82. The van der Waals surface area contributed by atoms with Crippen molar-refractivity contribution >= 4 is 28.2 Å². The Labute approximate surface area is 211 Å². The number of thiophene rings is 1. The van der Waals surface area contributed by atoms with Crippen LogP contribution in [0.15, 0.2) is 54.6 Å². The van der Waals surface area contributed by atoms with Gasteiger partial charge in [-0.05, 0) is 55.4 Å². The predicted octanol–water partition coefficient (Wildman–Crippen LogP) is 5.39. The third-order valence-electron chi connectivity index (χ3n) is 7.14. The lowest BCUT2D eigenvalue weighted by Gasteiger charge is -2.35. The number of rotatable bonds is 5. The van der Waals surface area contributed by atoms with Crippen LogP contribution in [0.4, 0.5) is 5.00 Å². The van der Waals surface area contributed by atoms with E-state index in [2.05, 4.69) is 41.4 Å². The maximum Gasteiger partial charge on any atom is 0.257 e. The maximum atomic E-state index is 13.8. The fraction of sp³-hybridized carbons (Fsp3) is 0.379. The van der Waals surface area contributed by atoms with E-state index in [4.69, 9.17) is 0 Å². The van der Waals surface area contributed by atoms with Crippen molar-refractivity contribution in [3.8, 4) is 0 Å². The van der Waals surface area contributed by atoms with Crippen LogP contribution in [0.3, 0.4) is 0 Å². The number of carbonyl (C=O) groups is 2. The van der Waals surface area contributed by atoms with Gasteiger partial charge in [0.25, 0.3) is 11.8 Å². The summed E-state index contributed by atoms with van der Waals surface area (Å²) in [6, 6.07) is 18.1. The number of hydrogen-bond acceptors (Lipinski definition) is 4. The van der Waals surface area contributed by atoms with Crippen LogP contribution in [0.25, 0.3) is 0 Å². The molecule has 2 heterocycles. The van der Waals surface area contributed by atoms with Crippen LogP contribution < -0.4 is 5.32 Å². The van der Waals surface area contributed by atoms with Gasteiger partial charge in [0.2, 0.25) is 0 Å². The monoisotopic (exact) mass is 487 g/mol. The average Bonchev–Trinajstić information content (AvgIpc) is 3.21. The van der Waals surface area contributed by atoms with Crippen molar-refractivity contribution in [1.29, 1.82) is 0 Å². The minimum atomic E-state index is -0.151. The summed E-state index contributed by atoms with van der Waals surface area (Å²) >= 11 is 1.60. The predicted molar refractivity (Wildman–Crippen MR) is 142 cm³/mol. The van der Waals surface area contributed by atoms with Gasteiger partial charge in [-0.25, -0.2) is 0 Å². The molecule has 0 saturated carbocycles. The molecule has 1 saturated heterocycles. The molecule has 35 heavy (non-hydrogen) atoms. The third-order valence-corrected chi connectivity index (χ3v) is 8.31. The Kier molecular flexibility index (Phi) is 7.02. The molecular weight excluding hydrogens is 454 g/mol. The molecule has 1 fully saturated rings. The first-order chi connectivity index (χ1) is 17.0. The molecule has 1 N–H and O–H groups in total. The van der Waals surface area contributed by atoms with Gasteiger partial charge in [0, 0.05) is 43.2 Å². The zero-order chi connectivity index (χ0) is 24.4. The number of benzene rings is 2. The number of hydrogen-bond donors (Lipinski definition) is 1. The molecule has 5 nitrogen and oxygen atoms in total. The summed E-state index contributed by atoms with van der Waals surface area (Å²) in [5.41, 5.74) is 4.85. The minimum Gasteiger partial charge on any atom is -0.336 e. The van der Waals surface area contributed by atoms with Crippen molar-refractivity contribution in [3.05, 3.63) is 87.3 Å². The van der Waals surface area contributed by atoms with Crippen molar-refractivity contribution < 1.29 is 9.59 Å². The van der Waals surface area contributed by atoms with Gasteiger partial charge in [-0.15, -0.1) is 11.3 Å². The lowest BCUT2D eigenvalue weighted by atomic mass is 9.88. The summed E-state index contributed by atoms with van der Waals surface area (Å²) in [5.74, 6) is 0.518. The first kappa shape index (κ1) is 23.8. The fourth-order valence-electron chi connectivity index (χ4n) is 5.14. The van der Waals surface area contributed by atoms with Gasteiger partial charge in [0.05, 0.1) is 5.56 Å². The molecule has 0 unspecified atom stereocenters. The fourth-order valence-corrected chi connectivity index (χ4v) is 6.53. The number of nitrogens with one attached hydrogen (secondary N) is 1. The lowest BCUT2D eigenvalue weighted by molar-refractivity contribution is 0.0628. The summed E-state index contributed by atoms with van der Waals surface area (Å²) < 4.78 is 0. The topological polar surface area (TPSA) is 52.7 Å². The van der Waals surface area contributed by atoms with Gasteiger partial charge in [-0.3, -0.25) is 14.5 Å². The van der Waals surface area contributed by atoms with Crippen molar-refractivity contribution in [3.63, 3.8) is 0 Å². The smallest absolute Gasteiger partial charge is 0.257 e. The average molecular weight is 488 g/mol. The molecule has 3 aromatic rings. The molecule has 1 atom stereocenters. The Balaban J connectivity index is 1.34. The molecule has 2 amide bonds. The minimum absolute atomic E-state index is 0.0657. The molecule has 1 aliphatic carbocycles. The van der Waals surface area contributed by atoms with Crippen molar-refractivity contribution in [2.24, 2.45) is 5.92 Å². The number of aryl methyl sites for hydroxylation is 1. The Morgan fingerprint density at radius 3 is 2.54 bits per heavy atom. The van der Waals surface area contributed by atoms with E-state index in [1.165, 1.54) is 10.4 Å². The number of carbonyl (C=O) groups excluding carboxylic acids is 2. The van der Waals surface area contributed by atoms with Gasteiger partial charge in [0.15, 0.2) is 0 Å². The molecule has 2 aromatic carbocycles. The van der Waals surface area contributed by atoms with E-state index >= 15 is 0 Å². The molecular formula is C29H33N3O2S. The molecule has 182 valence electrons. The van der Waals surface area contributed by atoms with Gasteiger partial charge in [0.1, 0.15) is 5.00 Å². The van der Waals surface area contributed by atoms with E-state index in [0.29, 0.717) is 29.6 Å². The van der Waals surface area contributed by atoms with Crippen molar-refractivity contribution in [2.45, 2.75) is 39.7 Å². The van der Waals surface area contributed by atoms with Crippen LogP contribution in [-0.4, -0.2) is 47.8 Å². The van der Waals surface area contributed by atoms with E-state index in [1.54, 1.807) is 11.3 Å². The van der Waals surface area contributed by atoms with Gasteiger partial charge in [-0.1, -0.05) is 55.0 Å². The standard InChI is InChI=1S/C29H33N3O2S/c1-20-7-6-10-23(17-20)27(33)30-28-26(24-12-11-21(2)18-25(24)35-28)29(34)32-15-13-31(14-16-32)19-22-8-4-3-5-9-22/h3-10,17,21H,11-16,18-19H2,1-2H3,(H,30,33)/t21-/m0/s1. The van der Waals surface area contributed by atoms with Crippen molar-refractivity contribution in [1.82, 2.24) is 9.80 Å². The highest BCUT2D eigenvalue weighted by Crippen LogP contribution is 2.40. The Morgan fingerprint density at radius 2 is 1.80 bits per heavy atom. The van der Waals surface area contributed by atoms with Crippen LogP contribution in [0.1, 0.15) is 55.6 Å². The third kappa shape index (κ3) is 5.34. The zero-order valence-electron chi connectivity index (χ0n) is 20.5. The first-order valence-corrected chi connectivity index (χ1v) is 13.4. The Morgan fingerprint density at radius 1 is 1.03 bits per heavy atom. The first-order valence-electron chi connectivity index (χ1n) is 12.6. The summed E-state index contributed by atoms with van der Waals surface area (Å²) in [6.45, 7) is 8.28. The van der Waals surface area contributed by atoms with E-state index in [9.17, 15) is 9.59 Å². The number of nitrogens with zero attached hydrogens (tertiary/aromatic N) is 2. The Bertz CT molecular complexity index is 1210. The second kappa shape index (κ2) is 10.3. The highest BCUT2D eigenvalue weighted by atomic mass is 32.1. The van der Waals surface area contributed by atoms with E-state index in [0.717, 1.165) is 55.6 Å². The highest BCUT2D eigenvalue weighted by Gasteiger charge is 2.32. The van der Waals surface area contributed by atoms with Crippen LogP contribution in [0, 0.1) is 12.8 Å². The quantitative estimate of drug-likeness (QED) is 0.525. The second-order valence-electron chi connectivity index (χ2n) is 9.93. The van der Waals surface area contributed by atoms with Gasteiger partial charge in [-0.2, -0.15) is 0 Å². The van der Waals surface area contributed by atoms with Crippen LogP contribution in [0.2, 0.25) is 0 Å². The lowest BCUT2D eigenvalue weighted by Crippen LogP contribution is -2.48. The molecule has 1 aromatic heterocycles. The second-order valence-corrected chi connectivity index (χ2v) is 11.0. The molecule has 0 spiro atoms. The van der Waals surface area contributed by atoms with E-state index in [-0.39, 0.29) is 11.8 Å². The molecule has 5 rings (SSSR count). The SMILES string of the molecule is Cc1cccc(C(=O)Nc2sc3c(c2C(=O)N2CCN(Cc4ccccc4)CC2)CC[C@H](C)C3)c1.